The Morgan fingerprint density at radius 2 is 1.86 bits per heavy atom. The first-order chi connectivity index (χ1) is 9.99. The second-order valence-electron chi connectivity index (χ2n) is 4.92. The van der Waals surface area contributed by atoms with Gasteiger partial charge >= 0.3 is 0 Å². The number of amidine groups is 1. The number of rotatable bonds is 4. The molecule has 0 saturated heterocycles. The van der Waals surface area contributed by atoms with E-state index in [0.717, 1.165) is 11.7 Å². The summed E-state index contributed by atoms with van der Waals surface area (Å²) in [7, 11) is 0. The van der Waals surface area contributed by atoms with Crippen molar-refractivity contribution < 1.29 is 0 Å². The number of nitrogens with zero attached hydrogens (tertiary/aromatic N) is 2. The zero-order valence-corrected chi connectivity index (χ0v) is 15.1. The van der Waals surface area contributed by atoms with Crippen molar-refractivity contribution in [1.29, 1.82) is 0 Å². The lowest BCUT2D eigenvalue weighted by atomic mass is 10.2. The lowest BCUT2D eigenvalue weighted by molar-refractivity contribution is 0.737. The maximum Gasteiger partial charge on any atom is 0.156 e. The highest BCUT2D eigenvalue weighted by Crippen LogP contribution is 2.03. The molecule has 1 aromatic carbocycles. The van der Waals surface area contributed by atoms with Crippen LogP contribution in [0.1, 0.15) is 33.3 Å². The van der Waals surface area contributed by atoms with E-state index in [2.05, 4.69) is 58.7 Å². The van der Waals surface area contributed by atoms with E-state index in [-0.39, 0.29) is 0 Å². The lowest BCUT2D eigenvalue weighted by Crippen LogP contribution is -2.27. The van der Waals surface area contributed by atoms with Crippen LogP contribution < -0.4 is 5.32 Å². The van der Waals surface area contributed by atoms with Gasteiger partial charge < -0.3 is 5.32 Å². The molecule has 5 heteroatoms. The van der Waals surface area contributed by atoms with E-state index in [1.807, 2.05) is 38.3 Å². The normalized spacial score (nSPS) is 10.7. The maximum absolute atomic E-state index is 4.52. The fourth-order valence-corrected chi connectivity index (χ4v) is 2.03. The van der Waals surface area contributed by atoms with E-state index < -0.39 is 0 Å². The molecular weight excluding hydrogens is 298 g/mol. The van der Waals surface area contributed by atoms with E-state index in [9.17, 15) is 0 Å². The summed E-state index contributed by atoms with van der Waals surface area (Å²) < 4.78 is 0. The molecule has 1 aromatic rings. The van der Waals surface area contributed by atoms with Crippen molar-refractivity contribution in [3.05, 3.63) is 35.9 Å². The zero-order valence-electron chi connectivity index (χ0n) is 13.5. The van der Waals surface area contributed by atoms with Gasteiger partial charge in [0.05, 0.1) is 17.7 Å². The first-order valence-corrected chi connectivity index (χ1v) is 8.58. The Morgan fingerprint density at radius 3 is 2.24 bits per heavy atom. The highest BCUT2D eigenvalue weighted by molar-refractivity contribution is 8.13. The van der Waals surface area contributed by atoms with Crippen LogP contribution in [0, 0.1) is 0 Å². The minimum atomic E-state index is 0.308. The predicted octanol–water partition coefficient (Wildman–Crippen LogP) is 4.40. The van der Waals surface area contributed by atoms with Crippen LogP contribution in [0.2, 0.25) is 0 Å². The molecule has 0 unspecified atom stereocenters. The molecule has 116 valence electrons. The third kappa shape index (κ3) is 12.3. The maximum atomic E-state index is 4.52. The highest BCUT2D eigenvalue weighted by Gasteiger charge is 1.98. The molecule has 21 heavy (non-hydrogen) atoms. The number of hydrogen-bond donors (Lipinski definition) is 1. The quantitative estimate of drug-likeness (QED) is 0.507. The summed E-state index contributed by atoms with van der Waals surface area (Å²) in [5, 5.41) is 6.60. The Balaban J connectivity index is 0.000000567. The second kappa shape index (κ2) is 12.6. The first kappa shape index (κ1) is 19.8. The largest absolute Gasteiger partial charge is 0.363 e. The number of thiocarbonyl (C=S) groups is 1. The fraction of sp³-hybridized carbons (Fsp3) is 0.500. The van der Waals surface area contributed by atoms with E-state index in [4.69, 9.17) is 0 Å². The van der Waals surface area contributed by atoms with Gasteiger partial charge in [0.1, 0.15) is 0 Å². The first-order valence-electron chi connectivity index (χ1n) is 6.95. The van der Waals surface area contributed by atoms with Crippen molar-refractivity contribution in [2.75, 3.05) is 6.26 Å². The van der Waals surface area contributed by atoms with Gasteiger partial charge in [-0.05, 0) is 51.7 Å². The molecule has 1 rings (SSSR count). The van der Waals surface area contributed by atoms with Gasteiger partial charge in [0.25, 0.3) is 0 Å². The average molecular weight is 324 g/mol. The van der Waals surface area contributed by atoms with Crippen molar-refractivity contribution >= 4 is 34.3 Å². The lowest BCUT2D eigenvalue weighted by Gasteiger charge is -2.10. The Labute approximate surface area is 138 Å². The SMILES string of the molecule is CC(C)N=C=S.CSC(=NCc1ccccc1)NC(C)C. The number of thioether (sulfide) groups is 1. The number of benzene rings is 1. The summed E-state index contributed by atoms with van der Waals surface area (Å²) in [6.07, 6.45) is 2.04. The topological polar surface area (TPSA) is 36.8 Å². The predicted molar refractivity (Wildman–Crippen MR) is 99.5 cm³/mol. The monoisotopic (exact) mass is 323 g/mol. The van der Waals surface area contributed by atoms with Gasteiger partial charge in [-0.25, -0.2) is 4.99 Å². The van der Waals surface area contributed by atoms with Gasteiger partial charge in [-0.3, -0.25) is 4.99 Å². The summed E-state index contributed by atoms with van der Waals surface area (Å²) in [6, 6.07) is 11.0. The Bertz CT molecular complexity index is 450. The fourth-order valence-electron chi connectivity index (χ4n) is 1.27. The zero-order chi connectivity index (χ0) is 16.1. The van der Waals surface area contributed by atoms with Gasteiger partial charge in [0.2, 0.25) is 0 Å². The molecule has 0 aliphatic rings. The Morgan fingerprint density at radius 1 is 1.24 bits per heavy atom. The van der Waals surface area contributed by atoms with Crippen LogP contribution in [0.15, 0.2) is 40.3 Å². The molecule has 0 bridgehead atoms. The van der Waals surface area contributed by atoms with E-state index in [1.165, 1.54) is 5.56 Å². The number of isothiocyanates is 1. The number of nitrogens with one attached hydrogen (secondary N) is 1. The molecule has 0 heterocycles. The molecule has 0 atom stereocenters. The van der Waals surface area contributed by atoms with Crippen molar-refractivity contribution in [3.63, 3.8) is 0 Å². The smallest absolute Gasteiger partial charge is 0.156 e. The molecule has 0 radical (unpaired) electrons. The minimum absolute atomic E-state index is 0.308. The molecule has 0 fully saturated rings. The van der Waals surface area contributed by atoms with Crippen LogP contribution >= 0.6 is 24.0 Å². The molecule has 3 nitrogen and oxygen atoms in total. The standard InChI is InChI=1S/C12H18N2S.C4H7NS/c1-10(2)14-12(15-3)13-9-11-7-5-4-6-8-11;1-4(2)5-3-6/h4-8,10H,9H2,1-3H3,(H,13,14);4H,1-2H3. The summed E-state index contributed by atoms with van der Waals surface area (Å²) in [5.74, 6) is 0. The minimum Gasteiger partial charge on any atom is -0.363 e. The molecule has 0 aliphatic carbocycles. The van der Waals surface area contributed by atoms with Crippen LogP contribution in [0.25, 0.3) is 0 Å². The average Bonchev–Trinajstić information content (AvgIpc) is 2.44. The van der Waals surface area contributed by atoms with Crippen LogP contribution in [-0.2, 0) is 6.54 Å². The van der Waals surface area contributed by atoms with Gasteiger partial charge in [-0.1, -0.05) is 42.1 Å². The van der Waals surface area contributed by atoms with Crippen molar-refractivity contribution in [2.45, 2.75) is 46.3 Å². The van der Waals surface area contributed by atoms with E-state index >= 15 is 0 Å². The van der Waals surface area contributed by atoms with Crippen LogP contribution in [0.3, 0.4) is 0 Å². The summed E-state index contributed by atoms with van der Waals surface area (Å²) >= 11 is 5.97. The van der Waals surface area contributed by atoms with Crippen LogP contribution in [-0.4, -0.2) is 28.7 Å². The summed E-state index contributed by atoms with van der Waals surface area (Å²) in [6.45, 7) is 8.90. The molecule has 1 N–H and O–H groups in total. The Kier molecular flexibility index (Phi) is 11.9. The Hall–Kier alpha value is -1.16. The molecule has 0 saturated carbocycles. The number of aliphatic imine (C=N–C) groups is 2. The summed E-state index contributed by atoms with van der Waals surface area (Å²) in [5.41, 5.74) is 1.25. The van der Waals surface area contributed by atoms with Gasteiger partial charge in [0, 0.05) is 6.04 Å². The molecule has 0 aromatic heterocycles. The van der Waals surface area contributed by atoms with Crippen molar-refractivity contribution in [3.8, 4) is 0 Å². The van der Waals surface area contributed by atoms with Gasteiger partial charge in [0.15, 0.2) is 5.17 Å². The van der Waals surface area contributed by atoms with Gasteiger partial charge in [-0.15, -0.1) is 0 Å². The molecule has 0 aliphatic heterocycles. The third-order valence-corrected chi connectivity index (χ3v) is 2.90. The summed E-state index contributed by atoms with van der Waals surface area (Å²) in [4.78, 5) is 8.21. The number of hydrogen-bond acceptors (Lipinski definition) is 4. The van der Waals surface area contributed by atoms with Crippen molar-refractivity contribution in [2.24, 2.45) is 9.98 Å². The molecular formula is C16H25N3S2. The van der Waals surface area contributed by atoms with E-state index in [0.29, 0.717) is 12.1 Å². The van der Waals surface area contributed by atoms with Crippen LogP contribution in [0.4, 0.5) is 0 Å². The van der Waals surface area contributed by atoms with Crippen molar-refractivity contribution in [1.82, 2.24) is 5.32 Å². The molecule has 0 amide bonds. The third-order valence-electron chi connectivity index (χ3n) is 2.16. The molecule has 0 spiro atoms. The van der Waals surface area contributed by atoms with Crippen LogP contribution in [0.5, 0.6) is 0 Å². The highest BCUT2D eigenvalue weighted by atomic mass is 32.2. The van der Waals surface area contributed by atoms with Gasteiger partial charge in [-0.2, -0.15) is 0 Å². The van der Waals surface area contributed by atoms with E-state index in [1.54, 1.807) is 11.8 Å². The second-order valence-corrected chi connectivity index (χ2v) is 5.90.